The van der Waals surface area contributed by atoms with Crippen LogP contribution in [0.2, 0.25) is 0 Å². The molecule has 0 aliphatic heterocycles. The Labute approximate surface area is 95.1 Å². The van der Waals surface area contributed by atoms with Gasteiger partial charge in [-0.1, -0.05) is 0 Å². The fraction of sp³-hybridized carbons (Fsp3) is 0.182. The maximum absolute atomic E-state index is 13.4. The molecule has 1 rings (SSSR count). The van der Waals surface area contributed by atoms with E-state index in [2.05, 4.69) is 4.74 Å². The number of carbonyl (C=O) groups is 1. The second-order valence-corrected chi connectivity index (χ2v) is 3.21. The van der Waals surface area contributed by atoms with E-state index in [9.17, 15) is 18.0 Å². The van der Waals surface area contributed by atoms with E-state index >= 15 is 0 Å². The number of halogens is 3. The van der Waals surface area contributed by atoms with Gasteiger partial charge in [-0.2, -0.15) is 8.78 Å². The third-order valence-corrected chi connectivity index (χ3v) is 1.84. The summed E-state index contributed by atoms with van der Waals surface area (Å²) >= 11 is 0. The summed E-state index contributed by atoms with van der Waals surface area (Å²) in [5, 5.41) is 8.39. The number of hydrogen-bond donors (Lipinski definition) is 1. The van der Waals surface area contributed by atoms with E-state index in [0.717, 1.165) is 12.1 Å². The zero-order valence-corrected chi connectivity index (χ0v) is 8.78. The number of carboxylic acids is 1. The van der Waals surface area contributed by atoms with Gasteiger partial charge in [0.2, 0.25) is 0 Å². The molecule has 0 saturated carbocycles. The van der Waals surface area contributed by atoms with Gasteiger partial charge in [0.05, 0.1) is 5.56 Å². The fourth-order valence-corrected chi connectivity index (χ4v) is 1.23. The van der Waals surface area contributed by atoms with Gasteiger partial charge >= 0.3 is 12.6 Å². The van der Waals surface area contributed by atoms with Crippen LogP contribution in [0.5, 0.6) is 5.75 Å². The van der Waals surface area contributed by atoms with E-state index in [4.69, 9.17) is 5.11 Å². The number of benzene rings is 1. The summed E-state index contributed by atoms with van der Waals surface area (Å²) in [7, 11) is 0. The average molecular weight is 246 g/mol. The highest BCUT2D eigenvalue weighted by atomic mass is 19.3. The molecule has 1 aromatic carbocycles. The zero-order chi connectivity index (χ0) is 13.0. The Morgan fingerprint density at radius 2 is 2.12 bits per heavy atom. The fourth-order valence-electron chi connectivity index (χ4n) is 1.23. The molecule has 17 heavy (non-hydrogen) atoms. The van der Waals surface area contributed by atoms with Gasteiger partial charge in [-0.05, 0) is 30.7 Å². The Kier molecular flexibility index (Phi) is 4.14. The molecular weight excluding hydrogens is 237 g/mol. The molecule has 0 spiro atoms. The van der Waals surface area contributed by atoms with Gasteiger partial charge in [0, 0.05) is 6.08 Å². The van der Waals surface area contributed by atoms with Crippen LogP contribution in [0.1, 0.15) is 11.1 Å². The van der Waals surface area contributed by atoms with Crippen molar-refractivity contribution in [2.75, 3.05) is 0 Å². The van der Waals surface area contributed by atoms with Crippen molar-refractivity contribution in [3.8, 4) is 5.75 Å². The topological polar surface area (TPSA) is 46.5 Å². The highest BCUT2D eigenvalue weighted by molar-refractivity contribution is 5.86. The minimum Gasteiger partial charge on any atom is -0.478 e. The lowest BCUT2D eigenvalue weighted by Crippen LogP contribution is -2.05. The molecule has 0 radical (unpaired) electrons. The molecule has 0 atom stereocenters. The first-order valence-electron chi connectivity index (χ1n) is 4.56. The highest BCUT2D eigenvalue weighted by Gasteiger charge is 2.13. The first kappa shape index (κ1) is 13.1. The third kappa shape index (κ3) is 3.82. The lowest BCUT2D eigenvalue weighted by molar-refractivity contribution is -0.131. The zero-order valence-electron chi connectivity index (χ0n) is 8.78. The van der Waals surface area contributed by atoms with Crippen LogP contribution in [0.3, 0.4) is 0 Å². The van der Waals surface area contributed by atoms with Crippen molar-refractivity contribution in [1.82, 2.24) is 0 Å². The monoisotopic (exact) mass is 246 g/mol. The van der Waals surface area contributed by atoms with Crippen molar-refractivity contribution in [2.45, 2.75) is 13.5 Å². The van der Waals surface area contributed by atoms with Gasteiger partial charge in [-0.25, -0.2) is 9.18 Å². The molecule has 0 amide bonds. The number of alkyl halides is 2. The van der Waals surface area contributed by atoms with Crippen LogP contribution in [0.15, 0.2) is 18.2 Å². The van der Waals surface area contributed by atoms with Crippen LogP contribution in [0.4, 0.5) is 13.2 Å². The summed E-state index contributed by atoms with van der Waals surface area (Å²) in [5.74, 6) is -2.53. The van der Waals surface area contributed by atoms with Crippen LogP contribution in [-0.4, -0.2) is 17.7 Å². The van der Waals surface area contributed by atoms with Crippen molar-refractivity contribution in [3.05, 3.63) is 35.2 Å². The number of aryl methyl sites for hydroxylation is 1. The first-order valence-corrected chi connectivity index (χ1v) is 4.56. The molecule has 6 heteroatoms. The number of carboxylic acid groups (broad SMARTS) is 1. The predicted molar refractivity (Wildman–Crippen MR) is 54.4 cm³/mol. The largest absolute Gasteiger partial charge is 0.478 e. The van der Waals surface area contributed by atoms with Crippen LogP contribution in [0.25, 0.3) is 6.08 Å². The van der Waals surface area contributed by atoms with Gasteiger partial charge in [-0.15, -0.1) is 0 Å². The maximum Gasteiger partial charge on any atom is 0.387 e. The van der Waals surface area contributed by atoms with Gasteiger partial charge in [0.15, 0.2) is 0 Å². The van der Waals surface area contributed by atoms with Gasteiger partial charge in [0.1, 0.15) is 11.6 Å². The molecular formula is C11H9F3O3. The molecule has 1 aromatic rings. The number of hydrogen-bond acceptors (Lipinski definition) is 2. The minimum atomic E-state index is -3.10. The summed E-state index contributed by atoms with van der Waals surface area (Å²) in [4.78, 5) is 10.3. The second-order valence-electron chi connectivity index (χ2n) is 3.21. The molecule has 0 saturated heterocycles. The Balaban J connectivity index is 3.20. The van der Waals surface area contributed by atoms with Gasteiger partial charge < -0.3 is 9.84 Å². The standard InChI is InChI=1S/C11H9F3O3/c1-6-4-8(12)7(2-3-10(15)16)9(5-6)17-11(13)14/h2-5,11H,1H3,(H,15,16)/b3-2+. The molecule has 0 bridgehead atoms. The van der Waals surface area contributed by atoms with E-state index in [-0.39, 0.29) is 5.56 Å². The van der Waals surface area contributed by atoms with Crippen molar-refractivity contribution < 1.29 is 27.8 Å². The molecule has 0 heterocycles. The summed E-state index contributed by atoms with van der Waals surface area (Å²) in [6.45, 7) is -1.60. The smallest absolute Gasteiger partial charge is 0.387 e. The number of ether oxygens (including phenoxy) is 1. The highest BCUT2D eigenvalue weighted by Crippen LogP contribution is 2.26. The molecule has 92 valence electrons. The molecule has 1 N–H and O–H groups in total. The average Bonchev–Trinajstić information content (AvgIpc) is 2.14. The van der Waals surface area contributed by atoms with E-state index in [1.807, 2.05) is 0 Å². The Hall–Kier alpha value is -1.98. The van der Waals surface area contributed by atoms with Crippen molar-refractivity contribution in [3.63, 3.8) is 0 Å². The Morgan fingerprint density at radius 3 is 2.65 bits per heavy atom. The maximum atomic E-state index is 13.4. The minimum absolute atomic E-state index is 0.321. The molecule has 3 nitrogen and oxygen atoms in total. The predicted octanol–water partition coefficient (Wildman–Crippen LogP) is 2.83. The Bertz CT molecular complexity index is 456. The van der Waals surface area contributed by atoms with Crippen LogP contribution >= 0.6 is 0 Å². The molecule has 0 aromatic heterocycles. The van der Waals surface area contributed by atoms with Crippen molar-refractivity contribution >= 4 is 12.0 Å². The number of rotatable bonds is 4. The van der Waals surface area contributed by atoms with Crippen molar-refractivity contribution in [1.29, 1.82) is 0 Å². The van der Waals surface area contributed by atoms with Crippen LogP contribution < -0.4 is 4.74 Å². The van der Waals surface area contributed by atoms with E-state index in [0.29, 0.717) is 11.6 Å². The Morgan fingerprint density at radius 1 is 1.47 bits per heavy atom. The quantitative estimate of drug-likeness (QED) is 0.831. The van der Waals surface area contributed by atoms with Crippen LogP contribution in [0, 0.1) is 12.7 Å². The van der Waals surface area contributed by atoms with Crippen molar-refractivity contribution in [2.24, 2.45) is 0 Å². The third-order valence-electron chi connectivity index (χ3n) is 1.84. The normalized spacial score (nSPS) is 11.1. The lowest BCUT2D eigenvalue weighted by Gasteiger charge is -2.09. The molecule has 0 fully saturated rings. The van der Waals surface area contributed by atoms with E-state index in [1.54, 1.807) is 0 Å². The molecule has 0 aliphatic rings. The lowest BCUT2D eigenvalue weighted by atomic mass is 10.1. The van der Waals surface area contributed by atoms with E-state index < -0.39 is 24.1 Å². The molecule has 0 aliphatic carbocycles. The second kappa shape index (κ2) is 5.38. The van der Waals surface area contributed by atoms with Crippen LogP contribution in [-0.2, 0) is 4.79 Å². The summed E-state index contributed by atoms with van der Waals surface area (Å²) in [6.07, 6.45) is 1.51. The van der Waals surface area contributed by atoms with E-state index in [1.165, 1.54) is 13.0 Å². The first-order chi connectivity index (χ1) is 7.90. The summed E-state index contributed by atoms with van der Waals surface area (Å²) < 4.78 is 41.7. The number of aliphatic carboxylic acids is 1. The van der Waals surface area contributed by atoms with Gasteiger partial charge in [-0.3, -0.25) is 0 Å². The molecule has 0 unspecified atom stereocenters. The van der Waals surface area contributed by atoms with Gasteiger partial charge in [0.25, 0.3) is 0 Å². The summed E-state index contributed by atoms with van der Waals surface area (Å²) in [6, 6.07) is 2.30. The SMILES string of the molecule is Cc1cc(F)c(/C=C/C(=O)O)c(OC(F)F)c1. The summed E-state index contributed by atoms with van der Waals surface area (Å²) in [5.41, 5.74) is 0.0731.